The Kier molecular flexibility index (Phi) is 3.31. The maximum absolute atomic E-state index is 10.2. The topological polar surface area (TPSA) is 78.9 Å². The van der Waals surface area contributed by atoms with Crippen molar-refractivity contribution in [3.63, 3.8) is 0 Å². The van der Waals surface area contributed by atoms with E-state index in [9.17, 15) is 9.59 Å². The van der Waals surface area contributed by atoms with Crippen molar-refractivity contribution in [2.24, 2.45) is 0 Å². The lowest BCUT2D eigenvalue weighted by Crippen LogP contribution is -2.19. The number of aromatic amines is 2. The maximum atomic E-state index is 10.2. The Morgan fingerprint density at radius 1 is 1.15 bits per heavy atom. The molecule has 0 saturated carbocycles. The lowest BCUT2D eigenvalue weighted by molar-refractivity contribution is 0.567. The van der Waals surface area contributed by atoms with E-state index in [-0.39, 0.29) is 5.56 Å². The number of aromatic nitrogens is 2. The van der Waals surface area contributed by atoms with Gasteiger partial charge in [0.25, 0.3) is 5.56 Å². The summed E-state index contributed by atoms with van der Waals surface area (Å²) in [6.45, 7) is 0. The highest BCUT2D eigenvalue weighted by atomic mass is 16.3. The van der Waals surface area contributed by atoms with Crippen LogP contribution in [0.5, 0.6) is 0 Å². The molecule has 68 valence electrons. The number of hydrogen-bond acceptors (Lipinski definition) is 3. The molecule has 5 heteroatoms. The Morgan fingerprint density at radius 2 is 1.85 bits per heavy atom. The maximum Gasteiger partial charge on any atom is 0.325 e. The highest BCUT2D eigenvalue weighted by Gasteiger charge is 1.77. The first-order valence-electron chi connectivity index (χ1n) is 3.54. The van der Waals surface area contributed by atoms with Crippen molar-refractivity contribution in [1.29, 1.82) is 0 Å². The fourth-order valence-electron chi connectivity index (χ4n) is 0.609. The average Bonchev–Trinajstić information content (AvgIpc) is 2.59. The van der Waals surface area contributed by atoms with Gasteiger partial charge in [-0.05, 0) is 12.1 Å². The van der Waals surface area contributed by atoms with E-state index in [1.807, 2.05) is 17.1 Å². The van der Waals surface area contributed by atoms with Crippen molar-refractivity contribution >= 4 is 0 Å². The van der Waals surface area contributed by atoms with Gasteiger partial charge < -0.3 is 9.40 Å². The molecule has 0 amide bonds. The van der Waals surface area contributed by atoms with Crippen molar-refractivity contribution < 1.29 is 4.42 Å². The normalized spacial score (nSPS) is 8.62. The summed E-state index contributed by atoms with van der Waals surface area (Å²) in [6.07, 6.45) is 4.54. The zero-order chi connectivity index (χ0) is 9.52. The van der Waals surface area contributed by atoms with Crippen molar-refractivity contribution in [1.82, 2.24) is 9.97 Å². The van der Waals surface area contributed by atoms with Gasteiger partial charge in [-0.3, -0.25) is 9.78 Å². The first-order chi connectivity index (χ1) is 6.29. The van der Waals surface area contributed by atoms with Crippen molar-refractivity contribution in [3.05, 3.63) is 57.8 Å². The monoisotopic (exact) mass is 180 g/mol. The third-order valence-corrected chi connectivity index (χ3v) is 1.11. The van der Waals surface area contributed by atoms with Crippen LogP contribution in [0.4, 0.5) is 0 Å². The summed E-state index contributed by atoms with van der Waals surface area (Å²) in [6, 6.07) is 4.90. The summed E-state index contributed by atoms with van der Waals surface area (Å²) < 4.78 is 4.58. The largest absolute Gasteiger partial charge is 0.473 e. The Bertz CT molecular complexity index is 384. The molecule has 0 spiro atoms. The molecule has 2 heterocycles. The molecule has 0 atom stereocenters. The van der Waals surface area contributed by atoms with Gasteiger partial charge in [0.15, 0.2) is 0 Å². The molecule has 2 N–H and O–H groups in total. The van der Waals surface area contributed by atoms with Gasteiger partial charge in [-0.15, -0.1) is 0 Å². The van der Waals surface area contributed by atoms with Crippen LogP contribution in [-0.4, -0.2) is 9.97 Å². The first-order valence-corrected chi connectivity index (χ1v) is 3.54. The summed E-state index contributed by atoms with van der Waals surface area (Å²) in [5.41, 5.74) is -0.855. The molecule has 0 aliphatic heterocycles. The predicted octanol–water partition coefficient (Wildman–Crippen LogP) is 0.343. The second-order valence-corrected chi connectivity index (χ2v) is 2.09. The molecular formula is C8H8N2O3. The summed E-state index contributed by atoms with van der Waals surface area (Å²) in [5.74, 6) is 0. The Labute approximate surface area is 73.1 Å². The first kappa shape index (κ1) is 9.05. The highest BCUT2D eigenvalue weighted by molar-refractivity contribution is 4.79. The Hall–Kier alpha value is -2.04. The SMILES string of the molecule is O=c1cc[nH]c(=O)[nH]1.c1ccoc1. The summed E-state index contributed by atoms with van der Waals surface area (Å²) in [7, 11) is 0. The van der Waals surface area contributed by atoms with Crippen LogP contribution in [0.15, 0.2) is 50.9 Å². The molecule has 0 bridgehead atoms. The number of H-pyrrole nitrogens is 2. The summed E-state index contributed by atoms with van der Waals surface area (Å²) >= 11 is 0. The summed E-state index contributed by atoms with van der Waals surface area (Å²) in [5, 5.41) is 0. The smallest absolute Gasteiger partial charge is 0.325 e. The molecule has 0 aliphatic carbocycles. The van der Waals surface area contributed by atoms with Gasteiger partial charge in [-0.1, -0.05) is 0 Å². The molecule has 5 nitrogen and oxygen atoms in total. The second-order valence-electron chi connectivity index (χ2n) is 2.09. The van der Waals surface area contributed by atoms with Gasteiger partial charge in [0.2, 0.25) is 0 Å². The van der Waals surface area contributed by atoms with E-state index >= 15 is 0 Å². The fraction of sp³-hybridized carbons (Fsp3) is 0. The van der Waals surface area contributed by atoms with Crippen molar-refractivity contribution in [2.75, 3.05) is 0 Å². The van der Waals surface area contributed by atoms with Crippen LogP contribution >= 0.6 is 0 Å². The van der Waals surface area contributed by atoms with Crippen LogP contribution in [0.3, 0.4) is 0 Å². The van der Waals surface area contributed by atoms with Gasteiger partial charge in [0.1, 0.15) is 0 Å². The van der Waals surface area contributed by atoms with Crippen LogP contribution in [0.1, 0.15) is 0 Å². The van der Waals surface area contributed by atoms with Crippen LogP contribution in [0.2, 0.25) is 0 Å². The quantitative estimate of drug-likeness (QED) is 0.613. The molecule has 13 heavy (non-hydrogen) atoms. The van der Waals surface area contributed by atoms with E-state index in [4.69, 9.17) is 0 Å². The fourth-order valence-corrected chi connectivity index (χ4v) is 0.609. The van der Waals surface area contributed by atoms with E-state index < -0.39 is 5.69 Å². The number of hydrogen-bond donors (Lipinski definition) is 2. The minimum Gasteiger partial charge on any atom is -0.473 e. The Morgan fingerprint density at radius 3 is 2.15 bits per heavy atom. The summed E-state index contributed by atoms with van der Waals surface area (Å²) in [4.78, 5) is 24.7. The number of nitrogens with one attached hydrogen (secondary N) is 2. The average molecular weight is 180 g/mol. The third kappa shape index (κ3) is 3.76. The van der Waals surface area contributed by atoms with Gasteiger partial charge in [0.05, 0.1) is 12.5 Å². The second kappa shape index (κ2) is 4.76. The minimum atomic E-state index is -0.475. The van der Waals surface area contributed by atoms with E-state index in [0.29, 0.717) is 0 Å². The van der Waals surface area contributed by atoms with Gasteiger partial charge in [0, 0.05) is 12.3 Å². The molecule has 0 fully saturated rings. The third-order valence-electron chi connectivity index (χ3n) is 1.11. The zero-order valence-corrected chi connectivity index (χ0v) is 6.69. The van der Waals surface area contributed by atoms with Crippen molar-refractivity contribution in [3.8, 4) is 0 Å². The van der Waals surface area contributed by atoms with E-state index in [0.717, 1.165) is 0 Å². The van der Waals surface area contributed by atoms with Crippen LogP contribution < -0.4 is 11.2 Å². The molecule has 0 unspecified atom stereocenters. The lowest BCUT2D eigenvalue weighted by Gasteiger charge is -1.75. The number of rotatable bonds is 0. The van der Waals surface area contributed by atoms with Crippen LogP contribution in [-0.2, 0) is 0 Å². The van der Waals surface area contributed by atoms with E-state index in [1.165, 1.54) is 12.3 Å². The highest BCUT2D eigenvalue weighted by Crippen LogP contribution is 1.79. The predicted molar refractivity (Wildman–Crippen MR) is 46.4 cm³/mol. The molecule has 0 aromatic carbocycles. The molecule has 2 aromatic heterocycles. The van der Waals surface area contributed by atoms with Crippen molar-refractivity contribution in [2.45, 2.75) is 0 Å². The molecule has 0 saturated heterocycles. The van der Waals surface area contributed by atoms with E-state index in [2.05, 4.69) is 9.40 Å². The molecule has 0 aliphatic rings. The van der Waals surface area contributed by atoms with Gasteiger partial charge >= 0.3 is 5.69 Å². The molecular weight excluding hydrogens is 172 g/mol. The van der Waals surface area contributed by atoms with Gasteiger partial charge in [-0.25, -0.2) is 4.79 Å². The van der Waals surface area contributed by atoms with Crippen LogP contribution in [0.25, 0.3) is 0 Å². The minimum absolute atomic E-state index is 0.381. The molecule has 2 aromatic rings. The molecule has 0 radical (unpaired) electrons. The Balaban J connectivity index is 0.000000145. The number of furan rings is 1. The standard InChI is InChI=1S/C4H4N2O2.C4H4O/c7-3-1-2-5-4(8)6-3;1-2-4-5-3-1/h1-2H,(H2,5,6,7,8);1-4H. The van der Waals surface area contributed by atoms with E-state index in [1.54, 1.807) is 12.5 Å². The van der Waals surface area contributed by atoms with Gasteiger partial charge in [-0.2, -0.15) is 0 Å². The molecule has 2 rings (SSSR count). The zero-order valence-electron chi connectivity index (χ0n) is 6.69. The lowest BCUT2D eigenvalue weighted by atomic mass is 10.7. The van der Waals surface area contributed by atoms with Crippen LogP contribution in [0, 0.1) is 0 Å².